The van der Waals surface area contributed by atoms with Crippen molar-refractivity contribution in [2.45, 2.75) is 38.8 Å². The summed E-state index contributed by atoms with van der Waals surface area (Å²) in [6, 6.07) is 5.34. The third-order valence-corrected chi connectivity index (χ3v) is 5.02. The van der Waals surface area contributed by atoms with E-state index in [1.54, 1.807) is 6.07 Å². The van der Waals surface area contributed by atoms with Gasteiger partial charge in [0.25, 0.3) is 0 Å². The number of benzene rings is 1. The Balaban J connectivity index is 1.92. The zero-order valence-electron chi connectivity index (χ0n) is 15.2. The highest BCUT2D eigenvalue weighted by Crippen LogP contribution is 2.33. The predicted molar refractivity (Wildman–Crippen MR) is 96.9 cm³/mol. The van der Waals surface area contributed by atoms with Crippen molar-refractivity contribution >= 4 is 5.91 Å². The van der Waals surface area contributed by atoms with Crippen LogP contribution in [0.15, 0.2) is 18.2 Å². The predicted octanol–water partition coefficient (Wildman–Crippen LogP) is 1.75. The van der Waals surface area contributed by atoms with Crippen LogP contribution in [0.5, 0.6) is 11.5 Å². The van der Waals surface area contributed by atoms with Crippen LogP contribution >= 0.6 is 0 Å². The van der Waals surface area contributed by atoms with Crippen LogP contribution in [0.4, 0.5) is 0 Å². The number of aromatic hydroxyl groups is 1. The Kier molecular flexibility index (Phi) is 5.81. The first-order valence-electron chi connectivity index (χ1n) is 9.32. The van der Waals surface area contributed by atoms with Crippen LogP contribution < -0.4 is 10.1 Å². The van der Waals surface area contributed by atoms with Crippen LogP contribution in [-0.2, 0) is 4.79 Å². The van der Waals surface area contributed by atoms with Gasteiger partial charge in [0, 0.05) is 38.8 Å². The Morgan fingerprint density at radius 3 is 2.80 bits per heavy atom. The van der Waals surface area contributed by atoms with Crippen LogP contribution in [-0.4, -0.2) is 66.2 Å². The molecule has 6 heteroatoms. The van der Waals surface area contributed by atoms with Crippen LogP contribution in [0, 0.1) is 0 Å². The highest BCUT2D eigenvalue weighted by atomic mass is 16.5. The lowest BCUT2D eigenvalue weighted by molar-refractivity contribution is -0.136. The van der Waals surface area contributed by atoms with Gasteiger partial charge in [0.15, 0.2) is 11.5 Å². The van der Waals surface area contributed by atoms with Crippen molar-refractivity contribution in [1.82, 2.24) is 15.1 Å². The van der Waals surface area contributed by atoms with Crippen LogP contribution in [0.1, 0.15) is 38.3 Å². The third-order valence-electron chi connectivity index (χ3n) is 5.02. The van der Waals surface area contributed by atoms with Crippen molar-refractivity contribution in [2.75, 3.05) is 39.3 Å². The largest absolute Gasteiger partial charge is 0.504 e. The standard InChI is InChI=1S/C19H29N3O3/c1-3-25-17-12-15(6-7-16(17)23)18(19(24)21-9-4-5-10-21)22-11-8-20-14(2)13-22/h6-7,12,14,18,20,23H,3-5,8-11,13H2,1-2H3. The number of carbonyl (C=O) groups excluding carboxylic acids is 1. The van der Waals surface area contributed by atoms with Gasteiger partial charge in [-0.05, 0) is 44.4 Å². The molecule has 2 heterocycles. The minimum Gasteiger partial charge on any atom is -0.504 e. The summed E-state index contributed by atoms with van der Waals surface area (Å²) in [5.41, 5.74) is 0.896. The van der Waals surface area contributed by atoms with Gasteiger partial charge < -0.3 is 20.1 Å². The van der Waals surface area contributed by atoms with Crippen LogP contribution in [0.25, 0.3) is 0 Å². The summed E-state index contributed by atoms with van der Waals surface area (Å²) in [6.45, 7) is 8.73. The molecule has 2 saturated heterocycles. The zero-order valence-corrected chi connectivity index (χ0v) is 15.2. The maximum Gasteiger partial charge on any atom is 0.244 e. The van der Waals surface area contributed by atoms with Crippen LogP contribution in [0.3, 0.4) is 0 Å². The van der Waals surface area contributed by atoms with E-state index < -0.39 is 0 Å². The fourth-order valence-corrected chi connectivity index (χ4v) is 3.79. The first-order chi connectivity index (χ1) is 12.1. The molecule has 0 aromatic heterocycles. The normalized spacial score (nSPS) is 22.8. The molecule has 0 bridgehead atoms. The molecule has 6 nitrogen and oxygen atoms in total. The van der Waals surface area contributed by atoms with E-state index in [0.29, 0.717) is 18.4 Å². The lowest BCUT2D eigenvalue weighted by atomic mass is 10.0. The number of nitrogens with one attached hydrogen (secondary N) is 1. The molecule has 0 spiro atoms. The Bertz CT molecular complexity index is 602. The number of hydrogen-bond acceptors (Lipinski definition) is 5. The van der Waals surface area contributed by atoms with E-state index in [1.165, 1.54) is 0 Å². The van der Waals surface area contributed by atoms with E-state index >= 15 is 0 Å². The molecule has 2 atom stereocenters. The Morgan fingerprint density at radius 2 is 2.12 bits per heavy atom. The quantitative estimate of drug-likeness (QED) is 0.850. The molecule has 25 heavy (non-hydrogen) atoms. The second-order valence-corrected chi connectivity index (χ2v) is 6.95. The lowest BCUT2D eigenvalue weighted by Gasteiger charge is -2.38. The SMILES string of the molecule is CCOc1cc(C(C(=O)N2CCCC2)N2CCNC(C)C2)ccc1O. The smallest absolute Gasteiger partial charge is 0.244 e. The average molecular weight is 347 g/mol. The summed E-state index contributed by atoms with van der Waals surface area (Å²) in [7, 11) is 0. The second-order valence-electron chi connectivity index (χ2n) is 6.95. The number of ether oxygens (including phenoxy) is 1. The molecule has 0 saturated carbocycles. The molecule has 2 aliphatic heterocycles. The molecule has 2 aliphatic rings. The first kappa shape index (κ1) is 18.0. The fraction of sp³-hybridized carbons (Fsp3) is 0.632. The Labute approximate surface area is 149 Å². The van der Waals surface area contributed by atoms with Crippen molar-refractivity contribution in [3.8, 4) is 11.5 Å². The summed E-state index contributed by atoms with van der Waals surface area (Å²) >= 11 is 0. The van der Waals surface area contributed by atoms with Crippen LogP contribution in [0.2, 0.25) is 0 Å². The summed E-state index contributed by atoms with van der Waals surface area (Å²) in [6.07, 6.45) is 2.16. The monoisotopic (exact) mass is 347 g/mol. The molecule has 1 amide bonds. The van der Waals surface area contributed by atoms with Crippen molar-refractivity contribution < 1.29 is 14.6 Å². The minimum atomic E-state index is -0.317. The molecule has 2 fully saturated rings. The molecular weight excluding hydrogens is 318 g/mol. The summed E-state index contributed by atoms with van der Waals surface area (Å²) in [5.74, 6) is 0.730. The maximum atomic E-state index is 13.3. The van der Waals surface area contributed by atoms with E-state index in [0.717, 1.165) is 51.1 Å². The highest BCUT2D eigenvalue weighted by molar-refractivity contribution is 5.84. The summed E-state index contributed by atoms with van der Waals surface area (Å²) in [4.78, 5) is 17.5. The molecule has 2 unspecified atom stereocenters. The molecule has 1 aromatic carbocycles. The number of rotatable bonds is 5. The van der Waals surface area contributed by atoms with Crippen molar-refractivity contribution in [3.63, 3.8) is 0 Å². The molecular formula is C19H29N3O3. The average Bonchev–Trinajstić information content (AvgIpc) is 3.13. The Morgan fingerprint density at radius 1 is 1.36 bits per heavy atom. The number of likely N-dealkylation sites (tertiary alicyclic amines) is 1. The number of piperazine rings is 1. The van der Waals surface area contributed by atoms with Crippen molar-refractivity contribution in [1.29, 1.82) is 0 Å². The van der Waals surface area contributed by atoms with Crippen molar-refractivity contribution in [2.24, 2.45) is 0 Å². The van der Waals surface area contributed by atoms with Gasteiger partial charge >= 0.3 is 0 Å². The highest BCUT2D eigenvalue weighted by Gasteiger charge is 2.34. The molecule has 3 rings (SSSR count). The van der Waals surface area contributed by atoms with E-state index in [4.69, 9.17) is 4.74 Å². The topological polar surface area (TPSA) is 65.0 Å². The zero-order chi connectivity index (χ0) is 17.8. The van der Waals surface area contributed by atoms with Crippen molar-refractivity contribution in [3.05, 3.63) is 23.8 Å². The number of phenolic OH excluding ortho intramolecular Hbond substituents is 1. The number of phenols is 1. The third kappa shape index (κ3) is 4.07. The van der Waals surface area contributed by atoms with Gasteiger partial charge in [0.05, 0.1) is 6.61 Å². The number of hydrogen-bond donors (Lipinski definition) is 2. The second kappa shape index (κ2) is 8.06. The molecule has 138 valence electrons. The number of amides is 1. The van der Waals surface area contributed by atoms with E-state index in [-0.39, 0.29) is 17.7 Å². The molecule has 2 N–H and O–H groups in total. The Hall–Kier alpha value is -1.79. The molecule has 1 aromatic rings. The van der Waals surface area contributed by atoms with E-state index in [9.17, 15) is 9.90 Å². The maximum absolute atomic E-state index is 13.3. The lowest BCUT2D eigenvalue weighted by Crippen LogP contribution is -2.53. The van der Waals surface area contributed by atoms with Gasteiger partial charge in [0.2, 0.25) is 5.91 Å². The molecule has 0 radical (unpaired) electrons. The van der Waals surface area contributed by atoms with Gasteiger partial charge in [-0.25, -0.2) is 0 Å². The first-order valence-corrected chi connectivity index (χ1v) is 9.32. The minimum absolute atomic E-state index is 0.117. The van der Waals surface area contributed by atoms with Gasteiger partial charge in [-0.15, -0.1) is 0 Å². The summed E-state index contributed by atoms with van der Waals surface area (Å²) in [5, 5.41) is 13.4. The fourth-order valence-electron chi connectivity index (χ4n) is 3.79. The van der Waals surface area contributed by atoms with Gasteiger partial charge in [0.1, 0.15) is 6.04 Å². The van der Waals surface area contributed by atoms with Gasteiger partial charge in [-0.1, -0.05) is 6.07 Å². The molecule has 0 aliphatic carbocycles. The number of nitrogens with zero attached hydrogens (tertiary/aromatic N) is 2. The number of carbonyl (C=O) groups is 1. The van der Waals surface area contributed by atoms with Gasteiger partial charge in [-0.2, -0.15) is 0 Å². The summed E-state index contributed by atoms with van der Waals surface area (Å²) < 4.78 is 5.54. The van der Waals surface area contributed by atoms with E-state index in [1.807, 2.05) is 24.0 Å². The van der Waals surface area contributed by atoms with E-state index in [2.05, 4.69) is 17.1 Å². The van der Waals surface area contributed by atoms with Gasteiger partial charge in [-0.3, -0.25) is 9.69 Å².